The Labute approximate surface area is 187 Å². The van der Waals surface area contributed by atoms with E-state index in [0.717, 1.165) is 24.0 Å². The van der Waals surface area contributed by atoms with Crippen molar-refractivity contribution < 1.29 is 9.59 Å². The third-order valence-corrected chi connectivity index (χ3v) is 5.98. The van der Waals surface area contributed by atoms with E-state index in [9.17, 15) is 9.59 Å². The third-order valence-electron chi connectivity index (χ3n) is 5.98. The van der Waals surface area contributed by atoms with E-state index >= 15 is 0 Å². The molecule has 0 aromatic heterocycles. The van der Waals surface area contributed by atoms with E-state index in [1.165, 1.54) is 0 Å². The van der Waals surface area contributed by atoms with Crippen LogP contribution in [0.1, 0.15) is 36.8 Å². The number of guanidine groups is 2. The molecular weight excluding hydrogens is 404 g/mol. The molecule has 2 aromatic carbocycles. The van der Waals surface area contributed by atoms with Gasteiger partial charge < -0.3 is 15.5 Å². The van der Waals surface area contributed by atoms with Crippen LogP contribution in [0.5, 0.6) is 0 Å². The van der Waals surface area contributed by atoms with Gasteiger partial charge in [0.25, 0.3) is 5.91 Å². The summed E-state index contributed by atoms with van der Waals surface area (Å²) in [6.07, 6.45) is 2.78. The predicted molar refractivity (Wildman–Crippen MR) is 123 cm³/mol. The highest BCUT2D eigenvalue weighted by Crippen LogP contribution is 2.22. The second-order valence-corrected chi connectivity index (χ2v) is 8.19. The highest BCUT2D eigenvalue weighted by atomic mass is 16.2. The number of amides is 2. The Hall–Kier alpha value is -3.68. The third kappa shape index (κ3) is 4.80. The fourth-order valence-electron chi connectivity index (χ4n) is 4.30. The van der Waals surface area contributed by atoms with Crippen LogP contribution in [0.25, 0.3) is 0 Å². The molecule has 166 valence electrons. The summed E-state index contributed by atoms with van der Waals surface area (Å²) in [5, 5.41) is 10.8. The average Bonchev–Trinajstić information content (AvgIpc) is 3.21. The molecule has 0 bridgehead atoms. The lowest BCUT2D eigenvalue weighted by atomic mass is 10.0. The van der Waals surface area contributed by atoms with Gasteiger partial charge in [0.1, 0.15) is 12.1 Å². The molecule has 2 aromatic rings. The summed E-state index contributed by atoms with van der Waals surface area (Å²) < 4.78 is 0. The van der Waals surface area contributed by atoms with Crippen molar-refractivity contribution in [3.05, 3.63) is 71.8 Å². The van der Waals surface area contributed by atoms with E-state index < -0.39 is 0 Å². The fourth-order valence-corrected chi connectivity index (χ4v) is 4.30. The van der Waals surface area contributed by atoms with Crippen LogP contribution in [-0.2, 0) is 22.7 Å². The van der Waals surface area contributed by atoms with Gasteiger partial charge in [0.15, 0.2) is 11.9 Å². The van der Waals surface area contributed by atoms with Crippen molar-refractivity contribution in [2.45, 2.75) is 50.9 Å². The molecule has 2 atom stereocenters. The van der Waals surface area contributed by atoms with Gasteiger partial charge in [-0.15, -0.1) is 0 Å². The molecular formula is C24H28N6O2. The van der Waals surface area contributed by atoms with Crippen LogP contribution in [0, 0.1) is 5.41 Å². The van der Waals surface area contributed by atoms with Crippen LogP contribution < -0.4 is 11.1 Å². The molecule has 0 aliphatic carbocycles. The van der Waals surface area contributed by atoms with Crippen molar-refractivity contribution >= 4 is 23.7 Å². The highest BCUT2D eigenvalue weighted by molar-refractivity contribution is 6.05. The Bertz CT molecular complexity index is 1010. The maximum absolute atomic E-state index is 12.4. The van der Waals surface area contributed by atoms with Gasteiger partial charge in [0.2, 0.25) is 5.91 Å². The highest BCUT2D eigenvalue weighted by Gasteiger charge is 2.36. The molecule has 2 unspecified atom stereocenters. The normalized spacial score (nSPS) is 20.6. The zero-order valence-electron chi connectivity index (χ0n) is 17.9. The zero-order valence-corrected chi connectivity index (χ0v) is 17.9. The molecule has 4 N–H and O–H groups in total. The summed E-state index contributed by atoms with van der Waals surface area (Å²) in [6.45, 7) is 1.05. The van der Waals surface area contributed by atoms with Crippen LogP contribution in [0.3, 0.4) is 0 Å². The van der Waals surface area contributed by atoms with Crippen molar-refractivity contribution in [1.29, 1.82) is 5.41 Å². The summed E-state index contributed by atoms with van der Waals surface area (Å²) in [5.41, 5.74) is 8.14. The van der Waals surface area contributed by atoms with Gasteiger partial charge in [-0.25, -0.2) is 0 Å². The van der Waals surface area contributed by atoms with Gasteiger partial charge in [-0.3, -0.25) is 20.3 Å². The SMILES string of the molecule is N=C1NC(=O)C(CCCCC2C(=O)N=C(N)N2Cc2ccccc2)N1Cc1ccccc1. The molecule has 2 heterocycles. The second kappa shape index (κ2) is 9.64. The number of nitrogens with zero attached hydrogens (tertiary/aromatic N) is 3. The molecule has 0 saturated carbocycles. The van der Waals surface area contributed by atoms with Gasteiger partial charge in [-0.05, 0) is 24.0 Å². The first kappa shape index (κ1) is 21.5. The molecule has 1 saturated heterocycles. The number of carbonyl (C=O) groups is 2. The lowest BCUT2D eigenvalue weighted by molar-refractivity contribution is -0.122. The minimum atomic E-state index is -0.372. The Morgan fingerprint density at radius 3 is 1.97 bits per heavy atom. The maximum Gasteiger partial charge on any atom is 0.271 e. The van der Waals surface area contributed by atoms with E-state index in [-0.39, 0.29) is 35.8 Å². The molecule has 2 amide bonds. The molecule has 0 spiro atoms. The smallest absolute Gasteiger partial charge is 0.271 e. The number of carbonyl (C=O) groups excluding carboxylic acids is 2. The van der Waals surface area contributed by atoms with Crippen molar-refractivity contribution in [3.63, 3.8) is 0 Å². The summed E-state index contributed by atoms with van der Waals surface area (Å²) in [4.78, 5) is 32.4. The molecule has 4 rings (SSSR count). The zero-order chi connectivity index (χ0) is 22.5. The van der Waals surface area contributed by atoms with E-state index in [4.69, 9.17) is 11.1 Å². The summed E-state index contributed by atoms with van der Waals surface area (Å²) in [6, 6.07) is 19.0. The first-order valence-corrected chi connectivity index (χ1v) is 10.9. The van der Waals surface area contributed by atoms with Crippen LogP contribution in [0.4, 0.5) is 0 Å². The monoisotopic (exact) mass is 432 g/mol. The summed E-state index contributed by atoms with van der Waals surface area (Å²) in [7, 11) is 0. The van der Waals surface area contributed by atoms with E-state index in [1.807, 2.05) is 65.6 Å². The standard InChI is InChI=1S/C24H28N6O2/c25-23-27-21(31)19(29(23)15-17-9-3-1-4-10-17)13-7-8-14-20-22(32)28-24(26)30(20)16-18-11-5-2-6-12-18/h1-6,9-12,19-20H,7-8,13-16H2,(H2,25,27,31)(H2,26,28,32). The minimum absolute atomic E-state index is 0.138. The molecule has 0 radical (unpaired) electrons. The first-order chi connectivity index (χ1) is 15.5. The number of rotatable bonds is 9. The second-order valence-electron chi connectivity index (χ2n) is 8.19. The van der Waals surface area contributed by atoms with Crippen molar-refractivity contribution in [2.24, 2.45) is 10.7 Å². The number of nitrogens with one attached hydrogen (secondary N) is 2. The summed E-state index contributed by atoms with van der Waals surface area (Å²) in [5.74, 6) is 0.0669. The maximum atomic E-state index is 12.4. The van der Waals surface area contributed by atoms with Crippen LogP contribution in [0.2, 0.25) is 0 Å². The van der Waals surface area contributed by atoms with E-state index in [0.29, 0.717) is 25.9 Å². The number of nitrogens with two attached hydrogens (primary N) is 1. The Kier molecular flexibility index (Phi) is 6.49. The Morgan fingerprint density at radius 1 is 0.844 bits per heavy atom. The number of benzene rings is 2. The average molecular weight is 433 g/mol. The van der Waals surface area contributed by atoms with E-state index in [1.54, 1.807) is 4.90 Å². The number of hydrogen-bond donors (Lipinski definition) is 3. The lowest BCUT2D eigenvalue weighted by Crippen LogP contribution is -2.41. The van der Waals surface area contributed by atoms with E-state index in [2.05, 4.69) is 10.3 Å². The van der Waals surface area contributed by atoms with Gasteiger partial charge in [-0.2, -0.15) is 4.99 Å². The van der Waals surface area contributed by atoms with Gasteiger partial charge in [0, 0.05) is 13.1 Å². The summed E-state index contributed by atoms with van der Waals surface area (Å²) >= 11 is 0. The van der Waals surface area contributed by atoms with Crippen LogP contribution in [0.15, 0.2) is 65.7 Å². The molecule has 8 nitrogen and oxygen atoms in total. The van der Waals surface area contributed by atoms with Gasteiger partial charge in [-0.1, -0.05) is 73.5 Å². The topological polar surface area (TPSA) is 115 Å². The van der Waals surface area contributed by atoms with Crippen LogP contribution >= 0.6 is 0 Å². The van der Waals surface area contributed by atoms with Gasteiger partial charge >= 0.3 is 0 Å². The number of hydrogen-bond acceptors (Lipinski definition) is 5. The number of unbranched alkanes of at least 4 members (excludes halogenated alkanes) is 1. The Morgan fingerprint density at radius 2 is 1.38 bits per heavy atom. The Balaban J connectivity index is 1.31. The molecule has 8 heteroatoms. The van der Waals surface area contributed by atoms with Crippen molar-refractivity contribution in [3.8, 4) is 0 Å². The van der Waals surface area contributed by atoms with Crippen molar-refractivity contribution in [1.82, 2.24) is 15.1 Å². The first-order valence-electron chi connectivity index (χ1n) is 10.9. The lowest BCUT2D eigenvalue weighted by Gasteiger charge is -2.26. The molecule has 32 heavy (non-hydrogen) atoms. The largest absolute Gasteiger partial charge is 0.369 e. The fraction of sp³-hybridized carbons (Fsp3) is 0.333. The molecule has 2 aliphatic rings. The predicted octanol–water partition coefficient (Wildman–Crippen LogP) is 2.21. The van der Waals surface area contributed by atoms with Crippen molar-refractivity contribution in [2.75, 3.05) is 0 Å². The quantitative estimate of drug-likeness (QED) is 0.526. The van der Waals surface area contributed by atoms with Crippen LogP contribution in [-0.4, -0.2) is 45.6 Å². The molecule has 1 fully saturated rings. The molecule has 2 aliphatic heterocycles. The number of aliphatic imine (C=N–C) groups is 1. The minimum Gasteiger partial charge on any atom is -0.369 e. The van der Waals surface area contributed by atoms with Gasteiger partial charge in [0.05, 0.1) is 0 Å².